The molecular formula is C4H6O3. The molecule has 0 radical (unpaired) electrons. The minimum absolute atomic E-state index is 0.0579. The summed E-state index contributed by atoms with van der Waals surface area (Å²) in [5.41, 5.74) is 0. The van der Waals surface area contributed by atoms with Crippen molar-refractivity contribution in [1.82, 2.24) is 0 Å². The fourth-order valence-electron chi connectivity index (χ4n) is 0.445. The number of ether oxygens (including phenoxy) is 1. The Labute approximate surface area is 40.9 Å². The number of hydrogen-bond donors (Lipinski definition) is 1. The molecule has 0 aromatic carbocycles. The van der Waals surface area contributed by atoms with E-state index in [1.165, 1.54) is 0 Å². The normalized spacial score (nSPS) is 37.9. The third-order valence-corrected chi connectivity index (χ3v) is 0.954. The Morgan fingerprint density at radius 3 is 2.29 bits per heavy atom. The van der Waals surface area contributed by atoms with Gasteiger partial charge in [0, 0.05) is 0 Å². The van der Waals surface area contributed by atoms with E-state index < -0.39 is 12.1 Å². The highest BCUT2D eigenvalue weighted by atomic mass is 16.6. The Morgan fingerprint density at radius 1 is 1.86 bits per heavy atom. The average molecular weight is 102 g/mol. The summed E-state index contributed by atoms with van der Waals surface area (Å²) in [6.45, 7) is 1.73. The molecule has 0 saturated carbocycles. The molecule has 0 aromatic heterocycles. The first-order valence-electron chi connectivity index (χ1n) is 2.10. The van der Waals surface area contributed by atoms with Crippen molar-refractivity contribution in [3.8, 4) is 0 Å². The second-order valence-corrected chi connectivity index (χ2v) is 1.60. The molecule has 1 heterocycles. The third-order valence-electron chi connectivity index (χ3n) is 0.954. The molecule has 7 heavy (non-hydrogen) atoms. The van der Waals surface area contributed by atoms with E-state index >= 15 is 0 Å². The van der Waals surface area contributed by atoms with Crippen LogP contribution in [0.25, 0.3) is 0 Å². The molecule has 1 saturated heterocycles. The first kappa shape index (κ1) is 4.59. The minimum Gasteiger partial charge on any atom is -0.479 e. The molecule has 0 aromatic rings. The van der Waals surface area contributed by atoms with Gasteiger partial charge in [-0.25, -0.2) is 4.79 Å². The first-order chi connectivity index (χ1) is 3.22. The molecular weight excluding hydrogens is 96.0 g/mol. The lowest BCUT2D eigenvalue weighted by atomic mass is 10.4. The van der Waals surface area contributed by atoms with Gasteiger partial charge in [-0.15, -0.1) is 0 Å². The summed E-state index contributed by atoms with van der Waals surface area (Å²) in [5, 5.41) is 8.10. The van der Waals surface area contributed by atoms with Crippen LogP contribution in [0.5, 0.6) is 0 Å². The number of rotatable bonds is 1. The highest BCUT2D eigenvalue weighted by Crippen LogP contribution is 2.20. The van der Waals surface area contributed by atoms with Gasteiger partial charge in [0.05, 0.1) is 6.10 Å². The first-order valence-corrected chi connectivity index (χ1v) is 2.10. The molecule has 3 nitrogen and oxygen atoms in total. The zero-order chi connectivity index (χ0) is 5.44. The molecule has 0 bridgehead atoms. The van der Waals surface area contributed by atoms with E-state index in [0.29, 0.717) is 0 Å². The van der Waals surface area contributed by atoms with E-state index in [1.54, 1.807) is 6.92 Å². The van der Waals surface area contributed by atoms with Crippen LogP contribution in [0.3, 0.4) is 0 Å². The van der Waals surface area contributed by atoms with Crippen LogP contribution in [-0.4, -0.2) is 23.3 Å². The summed E-state index contributed by atoms with van der Waals surface area (Å²) in [6, 6.07) is 0. The van der Waals surface area contributed by atoms with Gasteiger partial charge in [-0.3, -0.25) is 0 Å². The van der Waals surface area contributed by atoms with E-state index in [9.17, 15) is 4.79 Å². The summed E-state index contributed by atoms with van der Waals surface area (Å²) in [5.74, 6) is -0.854. The van der Waals surface area contributed by atoms with Crippen LogP contribution in [0.4, 0.5) is 0 Å². The molecule has 1 fully saturated rings. The smallest absolute Gasteiger partial charge is 0.335 e. The van der Waals surface area contributed by atoms with Gasteiger partial charge in [-0.1, -0.05) is 0 Å². The summed E-state index contributed by atoms with van der Waals surface area (Å²) in [7, 11) is 0. The van der Waals surface area contributed by atoms with Crippen molar-refractivity contribution in [2.75, 3.05) is 0 Å². The highest BCUT2D eigenvalue weighted by Gasteiger charge is 2.40. The van der Waals surface area contributed by atoms with E-state index in [1.807, 2.05) is 0 Å². The van der Waals surface area contributed by atoms with Crippen molar-refractivity contribution in [2.45, 2.75) is 19.1 Å². The number of carboxylic acid groups (broad SMARTS) is 1. The maximum Gasteiger partial charge on any atom is 0.335 e. The lowest BCUT2D eigenvalue weighted by Gasteiger charge is -1.74. The minimum atomic E-state index is -0.854. The van der Waals surface area contributed by atoms with Gasteiger partial charge in [0.15, 0.2) is 6.10 Å². The number of carboxylic acids is 1. The van der Waals surface area contributed by atoms with Crippen LogP contribution in [0.15, 0.2) is 0 Å². The van der Waals surface area contributed by atoms with Crippen molar-refractivity contribution in [3.05, 3.63) is 0 Å². The van der Waals surface area contributed by atoms with Crippen LogP contribution in [0.1, 0.15) is 6.92 Å². The highest BCUT2D eigenvalue weighted by molar-refractivity contribution is 5.75. The molecule has 2 atom stereocenters. The largest absolute Gasteiger partial charge is 0.479 e. The van der Waals surface area contributed by atoms with Crippen molar-refractivity contribution >= 4 is 5.97 Å². The standard InChI is InChI=1S/C4H6O3/c1-2-3(7-2)4(5)6/h2-3H,1H3,(H,5,6)/t2?,3-/m1/s1. The molecule has 1 aliphatic heterocycles. The quantitative estimate of drug-likeness (QED) is 0.469. The maximum absolute atomic E-state index is 9.85. The van der Waals surface area contributed by atoms with Gasteiger partial charge < -0.3 is 9.84 Å². The molecule has 1 rings (SSSR count). The molecule has 0 spiro atoms. The van der Waals surface area contributed by atoms with Crippen LogP contribution in [-0.2, 0) is 9.53 Å². The van der Waals surface area contributed by atoms with Crippen molar-refractivity contribution in [3.63, 3.8) is 0 Å². The Bertz CT molecular complexity index is 99.1. The van der Waals surface area contributed by atoms with Crippen molar-refractivity contribution in [2.24, 2.45) is 0 Å². The van der Waals surface area contributed by atoms with E-state index in [0.717, 1.165) is 0 Å². The van der Waals surface area contributed by atoms with Crippen LogP contribution < -0.4 is 0 Å². The predicted molar refractivity (Wildman–Crippen MR) is 22.0 cm³/mol. The number of carbonyl (C=O) groups is 1. The maximum atomic E-state index is 9.85. The monoisotopic (exact) mass is 102 g/mol. The second kappa shape index (κ2) is 1.20. The molecule has 0 amide bonds. The van der Waals surface area contributed by atoms with E-state index in [-0.39, 0.29) is 6.10 Å². The average Bonchev–Trinajstić information content (AvgIpc) is 2.17. The number of aliphatic carboxylic acids is 1. The zero-order valence-corrected chi connectivity index (χ0v) is 3.92. The predicted octanol–water partition coefficient (Wildman–Crippen LogP) is -0.142. The fourth-order valence-corrected chi connectivity index (χ4v) is 0.445. The van der Waals surface area contributed by atoms with Gasteiger partial charge in [0.1, 0.15) is 0 Å². The molecule has 3 heteroatoms. The van der Waals surface area contributed by atoms with Crippen LogP contribution >= 0.6 is 0 Å². The van der Waals surface area contributed by atoms with Crippen molar-refractivity contribution < 1.29 is 14.6 Å². The van der Waals surface area contributed by atoms with Gasteiger partial charge in [-0.05, 0) is 6.92 Å². The van der Waals surface area contributed by atoms with Crippen molar-refractivity contribution in [1.29, 1.82) is 0 Å². The fraction of sp³-hybridized carbons (Fsp3) is 0.750. The van der Waals surface area contributed by atoms with Gasteiger partial charge in [0.2, 0.25) is 0 Å². The molecule has 1 aliphatic rings. The Kier molecular flexibility index (Phi) is 0.785. The summed E-state index contributed by atoms with van der Waals surface area (Å²) >= 11 is 0. The Hall–Kier alpha value is -0.570. The molecule has 1 unspecified atom stereocenters. The molecule has 1 N–H and O–H groups in total. The zero-order valence-electron chi connectivity index (χ0n) is 3.92. The summed E-state index contributed by atoms with van der Waals surface area (Å²) in [4.78, 5) is 9.85. The molecule has 40 valence electrons. The summed E-state index contributed by atoms with van der Waals surface area (Å²) in [6.07, 6.45) is -0.572. The Balaban J connectivity index is 2.33. The number of epoxide rings is 1. The third kappa shape index (κ3) is 0.718. The molecule has 0 aliphatic carbocycles. The topological polar surface area (TPSA) is 49.8 Å². The lowest BCUT2D eigenvalue weighted by molar-refractivity contribution is -0.138. The van der Waals surface area contributed by atoms with Gasteiger partial charge >= 0.3 is 5.97 Å². The lowest BCUT2D eigenvalue weighted by Crippen LogP contribution is -2.05. The van der Waals surface area contributed by atoms with E-state index in [4.69, 9.17) is 5.11 Å². The summed E-state index contributed by atoms with van der Waals surface area (Å²) < 4.78 is 4.58. The van der Waals surface area contributed by atoms with E-state index in [2.05, 4.69) is 4.74 Å². The van der Waals surface area contributed by atoms with Gasteiger partial charge in [0.25, 0.3) is 0 Å². The number of hydrogen-bond acceptors (Lipinski definition) is 2. The van der Waals surface area contributed by atoms with Crippen LogP contribution in [0.2, 0.25) is 0 Å². The van der Waals surface area contributed by atoms with Crippen LogP contribution in [0, 0.1) is 0 Å². The van der Waals surface area contributed by atoms with Gasteiger partial charge in [-0.2, -0.15) is 0 Å². The SMILES string of the molecule is CC1O[C@H]1C(=O)O. The second-order valence-electron chi connectivity index (χ2n) is 1.60. The Morgan fingerprint density at radius 2 is 2.29 bits per heavy atom.